The molecule has 10 heterocycles. The van der Waals surface area contributed by atoms with Crippen molar-refractivity contribution in [2.24, 2.45) is 54.1 Å². The van der Waals surface area contributed by atoms with E-state index in [0.29, 0.717) is 82.7 Å². The van der Waals surface area contributed by atoms with Crippen LogP contribution in [0.4, 0.5) is 0 Å². The molecule has 15 atom stereocenters. The topological polar surface area (TPSA) is 106 Å². The maximum absolute atomic E-state index is 8.14. The van der Waals surface area contributed by atoms with Crippen LogP contribution in [0.5, 0.6) is 0 Å². The first kappa shape index (κ1) is 79.6. The van der Waals surface area contributed by atoms with Crippen LogP contribution in [-0.4, -0.2) is 340 Å². The fourth-order valence-electron chi connectivity index (χ4n) is 17.7. The molecule has 15 unspecified atom stereocenters. The van der Waals surface area contributed by atoms with Crippen molar-refractivity contribution in [1.82, 2.24) is 49.0 Å². The molecule has 0 aromatic rings. The predicted octanol–water partition coefficient (Wildman–Crippen LogP) is 24.8. The third kappa shape index (κ3) is 66.2. The molecular weight excluding hydrogens is 1640 g/mol. The zero-order chi connectivity index (χ0) is 134. The van der Waals surface area contributed by atoms with E-state index in [0.717, 1.165) is 72.1 Å². The molecule has 10 aliphatic rings. The van der Waals surface area contributed by atoms with Gasteiger partial charge >= 0.3 is 0 Å². The van der Waals surface area contributed by atoms with Gasteiger partial charge in [0, 0.05) is 209 Å². The van der Waals surface area contributed by atoms with Crippen LogP contribution in [0.1, 0.15) is 449 Å². The van der Waals surface area contributed by atoms with Crippen molar-refractivity contribution in [2.75, 3.05) is 190 Å². The monoisotopic (exact) mass is 1920 g/mol. The Bertz CT molecular complexity index is 4410. The fourth-order valence-corrected chi connectivity index (χ4v) is 17.7. The van der Waals surface area contributed by atoms with Gasteiger partial charge in [-0.05, 0) is 251 Å². The highest BCUT2D eigenvalue weighted by atomic mass is 16.5. The maximum atomic E-state index is 8.14. The Labute approximate surface area is 878 Å². The molecule has 132 heavy (non-hydrogen) atoms. The molecule has 0 N–H and O–H groups in total. The van der Waals surface area contributed by atoms with Crippen LogP contribution in [0.3, 0.4) is 0 Å². The van der Waals surface area contributed by atoms with Gasteiger partial charge < -0.3 is 47.7 Å². The van der Waals surface area contributed by atoms with Gasteiger partial charge in [0.1, 0.15) is 0 Å². The molecule has 10 saturated heterocycles. The van der Waals surface area contributed by atoms with Crippen LogP contribution in [0, 0.1) is 54.1 Å². The average molecular weight is 1920 g/mol. The highest BCUT2D eigenvalue weighted by Crippen LogP contribution is 2.35. The van der Waals surface area contributed by atoms with Crippen molar-refractivity contribution < 1.29 is 88.6 Å². The number of rotatable bonds is 10. The van der Waals surface area contributed by atoms with Crippen LogP contribution < -0.4 is 0 Å². The van der Waals surface area contributed by atoms with E-state index in [1.807, 2.05) is 97.8 Å². The molecule has 18 nitrogen and oxygen atoms in total. The first-order chi connectivity index (χ1) is 73.3. The number of ether oxygens (including phenoxy) is 8. The van der Waals surface area contributed by atoms with Gasteiger partial charge in [0.15, 0.2) is 0 Å². The summed E-state index contributed by atoms with van der Waals surface area (Å²) in [5.41, 5.74) is -3.66. The van der Waals surface area contributed by atoms with E-state index < -0.39 is 164 Å². The third-order valence-corrected chi connectivity index (χ3v) is 21.2. The summed E-state index contributed by atoms with van der Waals surface area (Å²) in [6.45, 7) is 68.6. The van der Waals surface area contributed by atoms with Crippen molar-refractivity contribution in [3.8, 4) is 0 Å². The van der Waals surface area contributed by atoms with Gasteiger partial charge in [0.25, 0.3) is 0 Å². The summed E-state index contributed by atoms with van der Waals surface area (Å²) < 4.78 is 329. The lowest BCUT2D eigenvalue weighted by molar-refractivity contribution is -0.184. The molecule has 18 heteroatoms. The summed E-state index contributed by atoms with van der Waals surface area (Å²) in [5.74, 6) is 0. The summed E-state index contributed by atoms with van der Waals surface area (Å²) in [5, 5.41) is 0. The summed E-state index contributed by atoms with van der Waals surface area (Å²) in [6, 6.07) is -0.213. The Morgan fingerprint density at radius 2 is 0.598 bits per heavy atom. The highest BCUT2D eigenvalue weighted by Gasteiger charge is 2.43. The lowest BCUT2D eigenvalue weighted by Gasteiger charge is -2.48. The minimum atomic E-state index is -3.10. The lowest BCUT2D eigenvalue weighted by Crippen LogP contribution is -2.58. The number of morpholine rings is 8. The van der Waals surface area contributed by atoms with E-state index in [-0.39, 0.29) is 77.9 Å². The van der Waals surface area contributed by atoms with Crippen LogP contribution in [-0.2, 0) is 37.9 Å². The van der Waals surface area contributed by atoms with Crippen molar-refractivity contribution in [3.63, 3.8) is 0 Å². The zero-order valence-electron chi connectivity index (χ0n) is 130. The predicted molar refractivity (Wildman–Crippen MR) is 577 cm³/mol. The average Bonchev–Trinajstić information content (AvgIpc) is 0.687. The van der Waals surface area contributed by atoms with E-state index in [4.69, 9.17) is 79.1 Å². The Morgan fingerprint density at radius 3 is 0.955 bits per heavy atom. The second-order valence-electron chi connectivity index (χ2n) is 52.6. The minimum absolute atomic E-state index is 0. The van der Waals surface area contributed by atoms with Gasteiger partial charge in [-0.2, -0.15) is 0 Å². The molecule has 0 aromatic carbocycles. The number of hydrogen-bond donors (Lipinski definition) is 0. The molecule has 10 rings (SSSR count). The highest BCUT2D eigenvalue weighted by molar-refractivity contribution is 4.95. The van der Waals surface area contributed by atoms with Gasteiger partial charge in [-0.3, -0.25) is 39.2 Å². The number of hydrogen-bond acceptors (Lipinski definition) is 18. The molecule has 794 valence electrons. The summed E-state index contributed by atoms with van der Waals surface area (Å²) in [6.07, 6.45) is 3.14. The molecule has 0 saturated carbocycles. The first-order valence-corrected chi connectivity index (χ1v) is 49.7. The summed E-state index contributed by atoms with van der Waals surface area (Å²) >= 11 is 0. The van der Waals surface area contributed by atoms with Gasteiger partial charge in [0.05, 0.1) is 107 Å². The second-order valence-corrected chi connectivity index (χ2v) is 52.6. The van der Waals surface area contributed by atoms with E-state index >= 15 is 0 Å². The summed E-state index contributed by atoms with van der Waals surface area (Å²) in [4.78, 5) is 18.6. The van der Waals surface area contributed by atoms with Gasteiger partial charge in [-0.15, -0.1) is 0 Å². The quantitative estimate of drug-likeness (QED) is 0.207. The van der Waals surface area contributed by atoms with Gasteiger partial charge in [-0.1, -0.05) is 228 Å². The smallest absolute Gasteiger partial charge is 0.0760 e. The Balaban J connectivity index is 0.00000186. The standard InChI is InChI=1S/4C13H27NO.2C11H23NO.C10H21NO.2C10H21N.C9H19NO.CH4/c2*1-11(2,3)8-14-9-12(4,5)15-13(6,7)10-14;2*1-9-11(3)15-12(4)10(2)14(9)8-13(5,6)7;2*1-9-6-12(7-10(2)13-9)8-11(3,4)5;1-9-7-11(5-6-12-9)8-10(2,3)4;2*1-10(2,3)9-11-7-5-4-6-8-11;1-9(2,3)8-10-4-6-11-7-5-10;/h2*8-10H2,1-7H3;2*9-12H,8H2,1-7H3;2*9-10H,6-8H2,1-5H3;9H,5-8H2,1-4H3;2*4-9H2,1-3H3;4-8H2,1-3H3;1H4/i4D3,6D3;;1D3,4D3;;1D3,2D3;;5D2,6D2,7D2,8D2,9D;9D2;;4D2,5D2,6D2,7D2;. The number of likely N-dealkylation sites (tertiary alicyclic amines) is 2. The second kappa shape index (κ2) is 57.1. The molecule has 0 aromatic heterocycles. The SMILES string of the molecule is C.CC(C)(C)CN1CC(C)(C)OC(C)(C)C1.CC(C)(C)CN1CCCCC1.CC1CN(CC(C)(C)C)CC(C)O1.CC1OC(C)C(C)N(CC(C)(C)C)C1C.[2H]C([2H])(N1CCCCC1)C(C)(C)C.[2H]C([2H])([2H])C1(C)CN(CC(C)(C)C)CC(C)(C([2H])([2H])[2H])O1.[2H]C([2H])([2H])C1CN(CC(C)(C)C)CC(C([2H])([2H])[2H])O1.[2H]C([2H])([2H])C1OC(C)C(C([2H])([2H])[2H])N(CC(C)(C)C)C1C.[2H]C1([2H])OC([2H])(C)C([2H])([2H])N(C([2H])([2H])C(C)(C)C)C1([2H])[2H].[2H]C1([2H])OC([2H])([2H])C([2H])([2H])N(CC(C)(C)C)C1([2H])[2H]. The zero-order valence-corrected chi connectivity index (χ0v) is 93.1. The molecule has 0 spiro atoms. The van der Waals surface area contributed by atoms with Crippen LogP contribution in [0.15, 0.2) is 0 Å². The Hall–Kier alpha value is -0.720. The van der Waals surface area contributed by atoms with E-state index in [1.54, 1.807) is 39.5 Å². The number of piperidine rings is 2. The van der Waals surface area contributed by atoms with E-state index in [9.17, 15) is 0 Å². The van der Waals surface area contributed by atoms with Gasteiger partial charge in [-0.25, -0.2) is 0 Å². The lowest BCUT2D eigenvalue weighted by atomic mass is 9.92. The molecular formula is C114H240N10O8. The fraction of sp³-hybridized carbons (Fsp3) is 1.00. The van der Waals surface area contributed by atoms with Crippen LogP contribution >= 0.6 is 0 Å². The molecule has 10 aliphatic heterocycles. The van der Waals surface area contributed by atoms with Crippen molar-refractivity contribution in [2.45, 2.75) is 500 Å². The third-order valence-electron chi connectivity index (χ3n) is 21.2. The Kier molecular flexibility index (Phi) is 34.4. The first-order valence-electron chi connectivity index (χ1n) is 68.2. The van der Waals surface area contributed by atoms with Crippen LogP contribution in [0.2, 0.25) is 0 Å². The molecule has 0 radical (unpaired) electrons. The Morgan fingerprint density at radius 1 is 0.303 bits per heavy atom. The van der Waals surface area contributed by atoms with Crippen molar-refractivity contribution in [3.05, 3.63) is 0 Å². The minimum Gasteiger partial charge on any atom is -0.379 e. The normalized spacial score (nSPS) is 39.0. The van der Waals surface area contributed by atoms with Crippen molar-refractivity contribution >= 4 is 0 Å². The van der Waals surface area contributed by atoms with Crippen LogP contribution in [0.25, 0.3) is 0 Å². The van der Waals surface area contributed by atoms with E-state index in [2.05, 4.69) is 181 Å². The molecule has 0 aliphatic carbocycles. The summed E-state index contributed by atoms with van der Waals surface area (Å²) in [7, 11) is 0. The maximum Gasteiger partial charge on any atom is 0.0760 e. The van der Waals surface area contributed by atoms with E-state index in [1.165, 1.54) is 86.5 Å². The van der Waals surface area contributed by atoms with Gasteiger partial charge in [0.2, 0.25) is 0 Å². The van der Waals surface area contributed by atoms with Crippen molar-refractivity contribution in [1.29, 1.82) is 0 Å². The molecule has 10 fully saturated rings. The number of nitrogens with zero attached hydrogens (tertiary/aromatic N) is 10. The largest absolute Gasteiger partial charge is 0.379 e. The molecule has 0 bridgehead atoms. The molecule has 0 amide bonds.